The summed E-state index contributed by atoms with van der Waals surface area (Å²) in [5.41, 5.74) is 5.47. The predicted octanol–water partition coefficient (Wildman–Crippen LogP) is 6.25. The molecule has 0 bridgehead atoms. The molecule has 2 amide bonds. The van der Waals surface area contributed by atoms with Gasteiger partial charge in [-0.25, -0.2) is 4.79 Å². The third-order valence-electron chi connectivity index (χ3n) is 6.65. The SMILES string of the molecule is CCCCCCCCCCCCCCCCCCNC(=O)NCCCNCCCCNCCCN. The molecular weight excluding hydrogens is 434 g/mol. The summed E-state index contributed by atoms with van der Waals surface area (Å²) >= 11 is 0. The van der Waals surface area contributed by atoms with Crippen molar-refractivity contribution in [2.45, 2.75) is 135 Å². The lowest BCUT2D eigenvalue weighted by Gasteiger charge is -2.08. The van der Waals surface area contributed by atoms with Crippen molar-refractivity contribution in [3.8, 4) is 0 Å². The lowest BCUT2D eigenvalue weighted by Crippen LogP contribution is -2.37. The molecule has 0 radical (unpaired) electrons. The minimum absolute atomic E-state index is 0.0190. The van der Waals surface area contributed by atoms with Crippen LogP contribution in [0.5, 0.6) is 0 Å². The van der Waals surface area contributed by atoms with E-state index in [1.807, 2.05) is 0 Å². The molecule has 0 aliphatic carbocycles. The first-order valence-corrected chi connectivity index (χ1v) is 15.4. The van der Waals surface area contributed by atoms with Crippen LogP contribution in [-0.4, -0.2) is 51.8 Å². The molecule has 6 nitrogen and oxygen atoms in total. The van der Waals surface area contributed by atoms with Crippen LogP contribution in [0.15, 0.2) is 0 Å². The van der Waals surface area contributed by atoms with Gasteiger partial charge in [-0.3, -0.25) is 0 Å². The lowest BCUT2D eigenvalue weighted by molar-refractivity contribution is 0.240. The van der Waals surface area contributed by atoms with Crippen LogP contribution in [0.2, 0.25) is 0 Å². The van der Waals surface area contributed by atoms with Crippen molar-refractivity contribution >= 4 is 6.03 Å². The Balaban J connectivity index is 3.13. The Bertz CT molecular complexity index is 409. The summed E-state index contributed by atoms with van der Waals surface area (Å²) in [6, 6.07) is -0.0190. The second-order valence-electron chi connectivity index (χ2n) is 10.2. The van der Waals surface area contributed by atoms with Gasteiger partial charge in [0.15, 0.2) is 0 Å². The van der Waals surface area contributed by atoms with Gasteiger partial charge in [0.05, 0.1) is 0 Å². The van der Waals surface area contributed by atoms with Crippen molar-refractivity contribution in [2.75, 3.05) is 45.8 Å². The number of carbonyl (C=O) groups excluding carboxylic acids is 1. The minimum atomic E-state index is -0.0190. The number of nitrogens with two attached hydrogens (primary N) is 1. The molecule has 6 N–H and O–H groups in total. The van der Waals surface area contributed by atoms with Crippen molar-refractivity contribution < 1.29 is 4.79 Å². The first-order chi connectivity index (χ1) is 17.3. The van der Waals surface area contributed by atoms with Crippen LogP contribution >= 0.6 is 0 Å². The second-order valence-corrected chi connectivity index (χ2v) is 10.2. The largest absolute Gasteiger partial charge is 0.338 e. The Labute approximate surface area is 219 Å². The molecule has 35 heavy (non-hydrogen) atoms. The fourth-order valence-corrected chi connectivity index (χ4v) is 4.33. The molecule has 0 fully saturated rings. The average Bonchev–Trinajstić information content (AvgIpc) is 2.86. The molecule has 0 spiro atoms. The number of urea groups is 1. The second kappa shape index (κ2) is 31.2. The number of carbonyl (C=O) groups is 1. The molecule has 0 heterocycles. The number of amides is 2. The molecule has 0 aliphatic heterocycles. The van der Waals surface area contributed by atoms with Crippen LogP contribution in [0, 0.1) is 0 Å². The van der Waals surface area contributed by atoms with Gasteiger partial charge in [-0.2, -0.15) is 0 Å². The molecule has 0 unspecified atom stereocenters. The van der Waals surface area contributed by atoms with E-state index >= 15 is 0 Å². The normalized spacial score (nSPS) is 11.1. The van der Waals surface area contributed by atoms with E-state index in [0.717, 1.165) is 65.1 Å². The monoisotopic (exact) mass is 498 g/mol. The number of unbranched alkanes of at least 4 members (excludes halogenated alkanes) is 16. The van der Waals surface area contributed by atoms with E-state index in [9.17, 15) is 4.79 Å². The average molecular weight is 498 g/mol. The number of nitrogens with one attached hydrogen (secondary N) is 4. The Morgan fingerprint density at radius 1 is 0.457 bits per heavy atom. The molecule has 0 aromatic rings. The summed E-state index contributed by atoms with van der Waals surface area (Å²) in [5.74, 6) is 0. The first kappa shape index (κ1) is 34.1. The Kier molecular flexibility index (Phi) is 30.4. The van der Waals surface area contributed by atoms with Gasteiger partial charge in [-0.1, -0.05) is 103 Å². The molecule has 6 heteroatoms. The summed E-state index contributed by atoms with van der Waals surface area (Å²) in [5, 5.41) is 12.8. The van der Waals surface area contributed by atoms with Crippen molar-refractivity contribution in [1.29, 1.82) is 0 Å². The van der Waals surface area contributed by atoms with E-state index in [1.54, 1.807) is 0 Å². The van der Waals surface area contributed by atoms with Gasteiger partial charge in [0.1, 0.15) is 0 Å². The zero-order chi connectivity index (χ0) is 25.5. The summed E-state index contributed by atoms with van der Waals surface area (Å²) in [4.78, 5) is 11.8. The maximum absolute atomic E-state index is 11.8. The molecule has 0 saturated heterocycles. The molecular formula is C29H63N5O. The van der Waals surface area contributed by atoms with E-state index < -0.39 is 0 Å². The van der Waals surface area contributed by atoms with Gasteiger partial charge in [0.25, 0.3) is 0 Å². The van der Waals surface area contributed by atoms with Crippen LogP contribution in [0.3, 0.4) is 0 Å². The fraction of sp³-hybridized carbons (Fsp3) is 0.966. The smallest absolute Gasteiger partial charge is 0.314 e. The number of hydrogen-bond acceptors (Lipinski definition) is 4. The topological polar surface area (TPSA) is 91.2 Å². The molecule has 0 aromatic carbocycles. The van der Waals surface area contributed by atoms with E-state index in [4.69, 9.17) is 5.73 Å². The molecule has 210 valence electrons. The highest BCUT2D eigenvalue weighted by Crippen LogP contribution is 2.13. The van der Waals surface area contributed by atoms with Gasteiger partial charge in [-0.15, -0.1) is 0 Å². The summed E-state index contributed by atoms with van der Waals surface area (Å²) in [6.45, 7) is 8.68. The summed E-state index contributed by atoms with van der Waals surface area (Å²) < 4.78 is 0. The van der Waals surface area contributed by atoms with Crippen molar-refractivity contribution in [3.05, 3.63) is 0 Å². The molecule has 0 aliphatic rings. The lowest BCUT2D eigenvalue weighted by atomic mass is 10.0. The Hall–Kier alpha value is -0.850. The Morgan fingerprint density at radius 2 is 0.800 bits per heavy atom. The van der Waals surface area contributed by atoms with Crippen LogP contribution in [0.25, 0.3) is 0 Å². The molecule has 0 saturated carbocycles. The zero-order valence-electron chi connectivity index (χ0n) is 23.6. The zero-order valence-corrected chi connectivity index (χ0v) is 23.6. The molecule has 0 rings (SSSR count). The van der Waals surface area contributed by atoms with Crippen molar-refractivity contribution in [1.82, 2.24) is 21.3 Å². The molecule has 0 aromatic heterocycles. The minimum Gasteiger partial charge on any atom is -0.338 e. The third kappa shape index (κ3) is 31.1. The highest BCUT2D eigenvalue weighted by atomic mass is 16.2. The van der Waals surface area contributed by atoms with Gasteiger partial charge < -0.3 is 27.0 Å². The Morgan fingerprint density at radius 3 is 1.26 bits per heavy atom. The van der Waals surface area contributed by atoms with Crippen molar-refractivity contribution in [2.24, 2.45) is 5.73 Å². The predicted molar refractivity (Wildman–Crippen MR) is 154 cm³/mol. The molecule has 0 atom stereocenters. The quantitative estimate of drug-likeness (QED) is 0.0790. The van der Waals surface area contributed by atoms with Gasteiger partial charge in [0, 0.05) is 13.1 Å². The van der Waals surface area contributed by atoms with Gasteiger partial charge in [0.2, 0.25) is 0 Å². The first-order valence-electron chi connectivity index (χ1n) is 15.4. The highest BCUT2D eigenvalue weighted by molar-refractivity contribution is 5.73. The van der Waals surface area contributed by atoms with Crippen LogP contribution in [-0.2, 0) is 0 Å². The van der Waals surface area contributed by atoms with Gasteiger partial charge >= 0.3 is 6.03 Å². The van der Waals surface area contributed by atoms with E-state index in [1.165, 1.54) is 109 Å². The fourth-order valence-electron chi connectivity index (χ4n) is 4.33. The van der Waals surface area contributed by atoms with Crippen LogP contribution < -0.4 is 27.0 Å². The van der Waals surface area contributed by atoms with Crippen LogP contribution in [0.4, 0.5) is 4.79 Å². The number of hydrogen-bond donors (Lipinski definition) is 5. The summed E-state index contributed by atoms with van der Waals surface area (Å²) in [7, 11) is 0. The van der Waals surface area contributed by atoms with E-state index in [2.05, 4.69) is 28.2 Å². The summed E-state index contributed by atoms with van der Waals surface area (Å²) in [6.07, 6.45) is 26.4. The maximum atomic E-state index is 11.8. The van der Waals surface area contributed by atoms with Crippen LogP contribution in [0.1, 0.15) is 135 Å². The standard InChI is InChI=1S/C29H63N5O/c1-2-3-4-5-6-7-8-9-10-11-12-13-14-15-16-17-27-33-29(35)34-28-21-26-32-24-19-18-23-31-25-20-22-30/h31-32H,2-28,30H2,1H3,(H2,33,34,35). The number of rotatable bonds is 29. The van der Waals surface area contributed by atoms with E-state index in [0.29, 0.717) is 0 Å². The van der Waals surface area contributed by atoms with E-state index in [-0.39, 0.29) is 6.03 Å². The third-order valence-corrected chi connectivity index (χ3v) is 6.65. The van der Waals surface area contributed by atoms with Gasteiger partial charge in [-0.05, 0) is 64.8 Å². The van der Waals surface area contributed by atoms with Crippen molar-refractivity contribution in [3.63, 3.8) is 0 Å². The highest BCUT2D eigenvalue weighted by Gasteiger charge is 1.99. The maximum Gasteiger partial charge on any atom is 0.314 e.